The highest BCUT2D eigenvalue weighted by molar-refractivity contribution is 9.10. The number of nitrogens with zero attached hydrogens (tertiary/aromatic N) is 1. The molecule has 0 bridgehead atoms. The van der Waals surface area contributed by atoms with Crippen molar-refractivity contribution < 1.29 is 4.79 Å². The van der Waals surface area contributed by atoms with Crippen molar-refractivity contribution in [2.45, 2.75) is 50.5 Å². The van der Waals surface area contributed by atoms with E-state index >= 15 is 0 Å². The average molecular weight is 335 g/mol. The second kappa shape index (κ2) is 6.90. The molecular weight excluding hydrogens is 316 g/mol. The largest absolute Gasteiger partial charge is 0.338 e. The first kappa shape index (κ1) is 15.1. The zero-order valence-electron chi connectivity index (χ0n) is 11.5. The molecule has 1 aliphatic carbocycles. The first-order valence-corrected chi connectivity index (χ1v) is 7.90. The van der Waals surface area contributed by atoms with E-state index in [0.29, 0.717) is 6.42 Å². The molecule has 1 aromatic carbocycles. The fourth-order valence-corrected chi connectivity index (χ4v) is 2.96. The maximum Gasteiger partial charge on any atom is 0.225 e. The predicted octanol–water partition coefficient (Wildman–Crippen LogP) is 3.72. The maximum atomic E-state index is 12.2. The van der Waals surface area contributed by atoms with Crippen molar-refractivity contribution in [2.75, 3.05) is 0 Å². The highest BCUT2D eigenvalue weighted by Gasteiger charge is 2.32. The van der Waals surface area contributed by atoms with Crippen LogP contribution < -0.4 is 5.32 Å². The van der Waals surface area contributed by atoms with Crippen LogP contribution in [-0.2, 0) is 11.2 Å². The molecule has 1 fully saturated rings. The minimum Gasteiger partial charge on any atom is -0.338 e. The Labute approximate surface area is 128 Å². The van der Waals surface area contributed by atoms with Gasteiger partial charge in [0, 0.05) is 4.47 Å². The Morgan fingerprint density at radius 2 is 1.80 bits per heavy atom. The lowest BCUT2D eigenvalue weighted by Crippen LogP contribution is -2.47. The molecule has 1 N–H and O–H groups in total. The number of amides is 1. The van der Waals surface area contributed by atoms with Gasteiger partial charge in [0.05, 0.1) is 12.5 Å². The summed E-state index contributed by atoms with van der Waals surface area (Å²) in [5.41, 5.74) is 0.315. The van der Waals surface area contributed by atoms with Crippen molar-refractivity contribution in [3.05, 3.63) is 34.3 Å². The van der Waals surface area contributed by atoms with E-state index < -0.39 is 5.54 Å². The summed E-state index contributed by atoms with van der Waals surface area (Å²) in [7, 11) is 0. The lowest BCUT2D eigenvalue weighted by atomic mass is 9.91. The molecule has 4 heteroatoms. The summed E-state index contributed by atoms with van der Waals surface area (Å²) >= 11 is 3.38. The Morgan fingerprint density at radius 1 is 1.20 bits per heavy atom. The van der Waals surface area contributed by atoms with Gasteiger partial charge in [0.15, 0.2) is 0 Å². The third-order valence-electron chi connectivity index (χ3n) is 3.83. The normalized spacial score (nSPS) is 17.8. The summed E-state index contributed by atoms with van der Waals surface area (Å²) in [6.45, 7) is 0. The van der Waals surface area contributed by atoms with Gasteiger partial charge < -0.3 is 5.32 Å². The molecule has 0 spiro atoms. The van der Waals surface area contributed by atoms with Crippen molar-refractivity contribution in [3.8, 4) is 6.07 Å². The van der Waals surface area contributed by atoms with Crippen molar-refractivity contribution in [1.29, 1.82) is 5.26 Å². The number of benzene rings is 1. The quantitative estimate of drug-likeness (QED) is 0.856. The Bertz CT molecular complexity index is 496. The fraction of sp³-hybridized carbons (Fsp3) is 0.500. The van der Waals surface area contributed by atoms with E-state index in [-0.39, 0.29) is 5.91 Å². The third kappa shape index (κ3) is 4.08. The summed E-state index contributed by atoms with van der Waals surface area (Å²) in [5, 5.41) is 12.4. The lowest BCUT2D eigenvalue weighted by molar-refractivity contribution is -0.121. The monoisotopic (exact) mass is 334 g/mol. The van der Waals surface area contributed by atoms with Gasteiger partial charge in [-0.15, -0.1) is 0 Å². The second-order valence-corrected chi connectivity index (χ2v) is 6.38. The molecule has 1 amide bonds. The summed E-state index contributed by atoms with van der Waals surface area (Å²) in [4.78, 5) is 12.2. The van der Waals surface area contributed by atoms with Crippen LogP contribution in [0.3, 0.4) is 0 Å². The van der Waals surface area contributed by atoms with Crippen LogP contribution in [0.25, 0.3) is 0 Å². The third-order valence-corrected chi connectivity index (χ3v) is 4.36. The van der Waals surface area contributed by atoms with Gasteiger partial charge in [0.25, 0.3) is 0 Å². The first-order valence-electron chi connectivity index (χ1n) is 7.10. The van der Waals surface area contributed by atoms with Crippen LogP contribution >= 0.6 is 15.9 Å². The van der Waals surface area contributed by atoms with E-state index in [1.54, 1.807) is 0 Å². The SMILES string of the molecule is N#CC1(NC(=O)Cc2ccc(Br)cc2)CCCCCC1. The first-order chi connectivity index (χ1) is 9.63. The standard InChI is InChI=1S/C16H19BrN2O/c17-14-7-5-13(6-8-14)11-15(20)19-16(12-18)9-3-1-2-4-10-16/h5-8H,1-4,9-11H2,(H,19,20). The van der Waals surface area contributed by atoms with Crippen LogP contribution in [0.4, 0.5) is 0 Å². The van der Waals surface area contributed by atoms with Crippen molar-refractivity contribution in [1.82, 2.24) is 5.32 Å². The molecule has 0 aromatic heterocycles. The van der Waals surface area contributed by atoms with Gasteiger partial charge in [-0.05, 0) is 30.5 Å². The van der Waals surface area contributed by atoms with Gasteiger partial charge in [0.1, 0.15) is 5.54 Å². The summed E-state index contributed by atoms with van der Waals surface area (Å²) in [5.74, 6) is -0.0595. The number of hydrogen-bond donors (Lipinski definition) is 1. The molecule has 0 radical (unpaired) electrons. The number of hydrogen-bond acceptors (Lipinski definition) is 2. The minimum atomic E-state index is -0.650. The number of halogens is 1. The van der Waals surface area contributed by atoms with E-state index in [2.05, 4.69) is 27.3 Å². The molecule has 0 heterocycles. The molecule has 0 saturated heterocycles. The topological polar surface area (TPSA) is 52.9 Å². The van der Waals surface area contributed by atoms with Gasteiger partial charge in [-0.3, -0.25) is 4.79 Å². The average Bonchev–Trinajstić information content (AvgIpc) is 2.67. The lowest BCUT2D eigenvalue weighted by Gasteiger charge is -2.26. The van der Waals surface area contributed by atoms with E-state index in [4.69, 9.17) is 0 Å². The number of nitriles is 1. The summed E-state index contributed by atoms with van der Waals surface area (Å²) in [6.07, 6.45) is 6.23. The number of carbonyl (C=O) groups excluding carboxylic acids is 1. The van der Waals surface area contributed by atoms with E-state index in [1.165, 1.54) is 0 Å². The van der Waals surface area contributed by atoms with Crippen LogP contribution in [0.5, 0.6) is 0 Å². The zero-order chi connectivity index (χ0) is 14.4. The minimum absolute atomic E-state index is 0.0595. The highest BCUT2D eigenvalue weighted by Crippen LogP contribution is 2.26. The molecular formula is C16H19BrN2O. The maximum absolute atomic E-state index is 12.2. The number of carbonyl (C=O) groups is 1. The smallest absolute Gasteiger partial charge is 0.225 e. The van der Waals surface area contributed by atoms with E-state index in [0.717, 1.165) is 48.6 Å². The van der Waals surface area contributed by atoms with Crippen molar-refractivity contribution >= 4 is 21.8 Å². The van der Waals surface area contributed by atoms with Gasteiger partial charge in [-0.1, -0.05) is 53.7 Å². The van der Waals surface area contributed by atoms with Crippen LogP contribution in [0.15, 0.2) is 28.7 Å². The van der Waals surface area contributed by atoms with Crippen molar-refractivity contribution in [3.63, 3.8) is 0 Å². The zero-order valence-corrected chi connectivity index (χ0v) is 13.1. The van der Waals surface area contributed by atoms with Gasteiger partial charge >= 0.3 is 0 Å². The molecule has 20 heavy (non-hydrogen) atoms. The van der Waals surface area contributed by atoms with Crippen LogP contribution in [0.1, 0.15) is 44.1 Å². The predicted molar refractivity (Wildman–Crippen MR) is 82.0 cm³/mol. The number of nitrogens with one attached hydrogen (secondary N) is 1. The summed E-state index contributed by atoms with van der Waals surface area (Å²) < 4.78 is 0.999. The van der Waals surface area contributed by atoms with E-state index in [1.807, 2.05) is 24.3 Å². The van der Waals surface area contributed by atoms with E-state index in [9.17, 15) is 10.1 Å². The Balaban J connectivity index is 1.98. The highest BCUT2D eigenvalue weighted by atomic mass is 79.9. The molecule has 0 atom stereocenters. The molecule has 1 aromatic rings. The molecule has 106 valence electrons. The fourth-order valence-electron chi connectivity index (χ4n) is 2.70. The Hall–Kier alpha value is -1.34. The molecule has 1 saturated carbocycles. The molecule has 0 aliphatic heterocycles. The van der Waals surface area contributed by atoms with Crippen LogP contribution in [-0.4, -0.2) is 11.4 Å². The molecule has 3 nitrogen and oxygen atoms in total. The molecule has 2 rings (SSSR count). The van der Waals surface area contributed by atoms with Crippen LogP contribution in [0.2, 0.25) is 0 Å². The molecule has 0 unspecified atom stereocenters. The number of rotatable bonds is 3. The second-order valence-electron chi connectivity index (χ2n) is 5.46. The van der Waals surface area contributed by atoms with Crippen LogP contribution in [0, 0.1) is 11.3 Å². The summed E-state index contributed by atoms with van der Waals surface area (Å²) in [6, 6.07) is 10.0. The van der Waals surface area contributed by atoms with Crippen molar-refractivity contribution in [2.24, 2.45) is 0 Å². The van der Waals surface area contributed by atoms with Gasteiger partial charge in [-0.25, -0.2) is 0 Å². The Kier molecular flexibility index (Phi) is 5.19. The molecule has 1 aliphatic rings. The van der Waals surface area contributed by atoms with Gasteiger partial charge in [-0.2, -0.15) is 5.26 Å². The Morgan fingerprint density at radius 3 is 2.35 bits per heavy atom. The van der Waals surface area contributed by atoms with Gasteiger partial charge in [0.2, 0.25) is 5.91 Å².